The first-order chi connectivity index (χ1) is 15.0. The molecule has 0 spiro atoms. The quantitative estimate of drug-likeness (QED) is 0.431. The Morgan fingerprint density at radius 2 is 1.74 bits per heavy atom. The SMILES string of the molecule is Cc1ccc(-n2nc(C)c3c2OC[C@@H]2COc4ccc5c(C)cc(=O)oc5c4[C@H]32)cc1. The van der Waals surface area contributed by atoms with Gasteiger partial charge in [0.25, 0.3) is 0 Å². The number of fused-ring (bicyclic) bond motifs is 7. The smallest absolute Gasteiger partial charge is 0.336 e. The van der Waals surface area contributed by atoms with Crippen LogP contribution in [-0.4, -0.2) is 23.0 Å². The molecule has 4 aromatic rings. The van der Waals surface area contributed by atoms with Crippen LogP contribution in [0, 0.1) is 26.7 Å². The molecule has 2 aromatic heterocycles. The van der Waals surface area contributed by atoms with E-state index in [0.29, 0.717) is 18.8 Å². The molecule has 0 bridgehead atoms. The summed E-state index contributed by atoms with van der Waals surface area (Å²) >= 11 is 0. The van der Waals surface area contributed by atoms with Crippen LogP contribution < -0.4 is 15.1 Å². The topological polar surface area (TPSA) is 66.5 Å². The lowest BCUT2D eigenvalue weighted by molar-refractivity contribution is 0.121. The molecule has 0 saturated heterocycles. The standard InChI is InChI=1S/C25H22N2O4/c1-13-4-6-17(7-5-13)27-25-21(15(3)26-27)22-16(12-30-25)11-29-19-9-8-18-14(2)10-20(28)31-24(18)23(19)22/h4-10,16,22H,11-12H2,1-3H3/t16-,22-/m0/s1. The van der Waals surface area contributed by atoms with Crippen molar-refractivity contribution in [3.05, 3.63) is 80.8 Å². The largest absolute Gasteiger partial charge is 0.493 e. The monoisotopic (exact) mass is 414 g/mol. The Morgan fingerprint density at radius 1 is 0.968 bits per heavy atom. The first-order valence-corrected chi connectivity index (χ1v) is 10.5. The molecule has 0 fully saturated rings. The second-order valence-corrected chi connectivity index (χ2v) is 8.51. The number of ether oxygens (including phenoxy) is 2. The number of aromatic nitrogens is 2. The van der Waals surface area contributed by atoms with Crippen LogP contribution in [0.3, 0.4) is 0 Å². The normalized spacial score (nSPS) is 19.2. The number of benzene rings is 2. The first-order valence-electron chi connectivity index (χ1n) is 10.5. The van der Waals surface area contributed by atoms with E-state index >= 15 is 0 Å². The Hall–Kier alpha value is -3.54. The molecule has 2 aliphatic rings. The Labute approximate surface area is 179 Å². The van der Waals surface area contributed by atoms with E-state index in [1.54, 1.807) is 0 Å². The van der Waals surface area contributed by atoms with Crippen molar-refractivity contribution < 1.29 is 13.9 Å². The molecule has 0 saturated carbocycles. The summed E-state index contributed by atoms with van der Waals surface area (Å²) in [6.45, 7) is 7.07. The maximum Gasteiger partial charge on any atom is 0.336 e. The average Bonchev–Trinajstić information content (AvgIpc) is 3.10. The van der Waals surface area contributed by atoms with Crippen molar-refractivity contribution in [2.45, 2.75) is 26.7 Å². The van der Waals surface area contributed by atoms with Crippen LogP contribution in [0.15, 0.2) is 51.7 Å². The fourth-order valence-electron chi connectivity index (χ4n) is 4.92. The number of rotatable bonds is 1. The van der Waals surface area contributed by atoms with Crippen molar-refractivity contribution in [2.24, 2.45) is 5.92 Å². The highest BCUT2D eigenvalue weighted by molar-refractivity contribution is 5.86. The molecule has 0 N–H and O–H groups in total. The van der Waals surface area contributed by atoms with Gasteiger partial charge in [0.2, 0.25) is 5.88 Å². The third-order valence-corrected chi connectivity index (χ3v) is 6.44. The van der Waals surface area contributed by atoms with Gasteiger partial charge >= 0.3 is 5.63 Å². The van der Waals surface area contributed by atoms with E-state index < -0.39 is 0 Å². The summed E-state index contributed by atoms with van der Waals surface area (Å²) < 4.78 is 19.9. The zero-order chi connectivity index (χ0) is 21.3. The van der Waals surface area contributed by atoms with Crippen LogP contribution >= 0.6 is 0 Å². The lowest BCUT2D eigenvalue weighted by Gasteiger charge is -2.37. The molecule has 0 radical (unpaired) electrons. The van der Waals surface area contributed by atoms with E-state index in [1.165, 1.54) is 11.6 Å². The average molecular weight is 414 g/mol. The van der Waals surface area contributed by atoms with Crippen LogP contribution in [0.4, 0.5) is 0 Å². The van der Waals surface area contributed by atoms with Crippen molar-refractivity contribution in [3.63, 3.8) is 0 Å². The molecule has 0 aliphatic carbocycles. The lowest BCUT2D eigenvalue weighted by Crippen LogP contribution is -2.35. The van der Waals surface area contributed by atoms with Crippen molar-refractivity contribution in [3.8, 4) is 17.3 Å². The minimum atomic E-state index is -0.347. The van der Waals surface area contributed by atoms with E-state index in [9.17, 15) is 4.79 Å². The number of hydrogen-bond donors (Lipinski definition) is 0. The summed E-state index contributed by atoms with van der Waals surface area (Å²) in [7, 11) is 0. The summed E-state index contributed by atoms with van der Waals surface area (Å²) in [5.41, 5.74) is 6.18. The van der Waals surface area contributed by atoms with E-state index in [-0.39, 0.29) is 17.5 Å². The summed E-state index contributed by atoms with van der Waals surface area (Å²) in [4.78, 5) is 12.2. The van der Waals surface area contributed by atoms with Gasteiger partial charge in [0, 0.05) is 34.4 Å². The predicted octanol–water partition coefficient (Wildman–Crippen LogP) is 4.44. The van der Waals surface area contributed by atoms with Gasteiger partial charge in [0.05, 0.1) is 24.6 Å². The van der Waals surface area contributed by atoms with Gasteiger partial charge in [-0.05, 0) is 50.6 Å². The number of nitrogens with zero attached hydrogens (tertiary/aromatic N) is 2. The van der Waals surface area contributed by atoms with Crippen molar-refractivity contribution in [1.29, 1.82) is 0 Å². The van der Waals surface area contributed by atoms with Crippen molar-refractivity contribution >= 4 is 11.0 Å². The number of hydrogen-bond acceptors (Lipinski definition) is 5. The van der Waals surface area contributed by atoms with Gasteiger partial charge in [-0.3, -0.25) is 0 Å². The van der Waals surface area contributed by atoms with Crippen LogP contribution in [0.25, 0.3) is 16.7 Å². The Morgan fingerprint density at radius 3 is 2.55 bits per heavy atom. The molecule has 0 unspecified atom stereocenters. The Kier molecular flexibility index (Phi) is 3.81. The third-order valence-electron chi connectivity index (χ3n) is 6.44. The molecule has 4 heterocycles. The summed E-state index contributed by atoms with van der Waals surface area (Å²) in [5.74, 6) is 1.62. The molecule has 2 aromatic carbocycles. The predicted molar refractivity (Wildman–Crippen MR) is 117 cm³/mol. The van der Waals surface area contributed by atoms with E-state index in [2.05, 4.69) is 19.1 Å². The Balaban J connectivity index is 1.62. The molecule has 6 heteroatoms. The fourth-order valence-corrected chi connectivity index (χ4v) is 4.92. The van der Waals surface area contributed by atoms with Crippen LogP contribution in [0.1, 0.15) is 33.9 Å². The fraction of sp³-hybridized carbons (Fsp3) is 0.280. The summed E-state index contributed by atoms with van der Waals surface area (Å²) in [5, 5.41) is 5.76. The zero-order valence-corrected chi connectivity index (χ0v) is 17.6. The second-order valence-electron chi connectivity index (χ2n) is 8.51. The van der Waals surface area contributed by atoms with Crippen LogP contribution in [0.2, 0.25) is 0 Å². The lowest BCUT2D eigenvalue weighted by atomic mass is 9.77. The molecular weight excluding hydrogens is 392 g/mol. The molecule has 0 amide bonds. The summed E-state index contributed by atoms with van der Waals surface area (Å²) in [6, 6.07) is 13.7. The minimum Gasteiger partial charge on any atom is -0.493 e. The maximum atomic E-state index is 12.2. The van der Waals surface area contributed by atoms with Crippen molar-refractivity contribution in [2.75, 3.05) is 13.2 Å². The highest BCUT2D eigenvalue weighted by Crippen LogP contribution is 2.51. The molecule has 2 atom stereocenters. The molecule has 6 nitrogen and oxygen atoms in total. The second kappa shape index (κ2) is 6.48. The molecule has 2 aliphatic heterocycles. The third kappa shape index (κ3) is 2.64. The van der Waals surface area contributed by atoms with Gasteiger partial charge < -0.3 is 13.9 Å². The van der Waals surface area contributed by atoms with E-state index in [1.807, 2.05) is 42.8 Å². The summed E-state index contributed by atoms with van der Waals surface area (Å²) in [6.07, 6.45) is 0. The van der Waals surface area contributed by atoms with Gasteiger partial charge in [0.1, 0.15) is 11.3 Å². The molecule has 156 valence electrons. The minimum absolute atomic E-state index is 0.0136. The van der Waals surface area contributed by atoms with E-state index in [0.717, 1.165) is 45.1 Å². The van der Waals surface area contributed by atoms with Gasteiger partial charge in [0.15, 0.2) is 0 Å². The highest BCUT2D eigenvalue weighted by atomic mass is 16.5. The van der Waals surface area contributed by atoms with Gasteiger partial charge in [-0.1, -0.05) is 17.7 Å². The highest BCUT2D eigenvalue weighted by Gasteiger charge is 2.43. The van der Waals surface area contributed by atoms with Gasteiger partial charge in [-0.15, -0.1) is 0 Å². The van der Waals surface area contributed by atoms with Gasteiger partial charge in [-0.2, -0.15) is 5.10 Å². The Bertz CT molecular complexity index is 1400. The van der Waals surface area contributed by atoms with Gasteiger partial charge in [-0.25, -0.2) is 9.48 Å². The van der Waals surface area contributed by atoms with Crippen molar-refractivity contribution in [1.82, 2.24) is 9.78 Å². The molecular formula is C25H22N2O4. The van der Waals surface area contributed by atoms with Crippen LogP contribution in [-0.2, 0) is 0 Å². The zero-order valence-electron chi connectivity index (χ0n) is 17.6. The molecule has 6 rings (SSSR count). The number of aryl methyl sites for hydroxylation is 3. The molecule has 31 heavy (non-hydrogen) atoms. The van der Waals surface area contributed by atoms with Crippen LogP contribution in [0.5, 0.6) is 11.6 Å². The first kappa shape index (κ1) is 18.2. The maximum absolute atomic E-state index is 12.2. The van der Waals surface area contributed by atoms with E-state index in [4.69, 9.17) is 19.0 Å².